The highest BCUT2D eigenvalue weighted by Gasteiger charge is 2.43. The van der Waals surface area contributed by atoms with Crippen LogP contribution in [0.3, 0.4) is 0 Å². The van der Waals surface area contributed by atoms with E-state index in [1.54, 1.807) is 0 Å². The van der Waals surface area contributed by atoms with Crippen molar-refractivity contribution in [1.82, 2.24) is 0 Å². The second-order valence-electron chi connectivity index (χ2n) is 3.41. The largest absolute Gasteiger partial charge is 0.409 e. The maximum atomic E-state index is 12.3. The highest BCUT2D eigenvalue weighted by Crippen LogP contribution is 2.27. The van der Waals surface area contributed by atoms with E-state index in [4.69, 9.17) is 10.9 Å². The molecule has 0 heterocycles. The van der Waals surface area contributed by atoms with Crippen LogP contribution >= 0.6 is 0 Å². The topological polar surface area (TPSA) is 67.8 Å². The zero-order chi connectivity index (χ0) is 14.4. The van der Waals surface area contributed by atoms with E-state index in [0.29, 0.717) is 0 Å². The Morgan fingerprint density at radius 3 is 2.17 bits per heavy atom. The van der Waals surface area contributed by atoms with Gasteiger partial charge in [-0.25, -0.2) is 0 Å². The Morgan fingerprint density at radius 1 is 1.22 bits per heavy atom. The third kappa shape index (κ3) is 7.20. The summed E-state index contributed by atoms with van der Waals surface area (Å²) in [5.41, 5.74) is 4.81. The normalized spacial score (nSPS) is 15.8. The van der Waals surface area contributed by atoms with E-state index >= 15 is 0 Å². The molecule has 0 aromatic carbocycles. The molecule has 0 saturated heterocycles. The highest BCUT2D eigenvalue weighted by molar-refractivity contribution is 5.83. The van der Waals surface area contributed by atoms with Crippen molar-refractivity contribution in [2.45, 2.75) is 25.2 Å². The monoisotopic (exact) mass is 282 g/mol. The quantitative estimate of drug-likeness (QED) is 0.196. The second-order valence-corrected chi connectivity index (χ2v) is 3.41. The smallest absolute Gasteiger partial charge is 0.401 e. The predicted molar refractivity (Wildman–Crippen MR) is 49.1 cm³/mol. The summed E-state index contributed by atoms with van der Waals surface area (Å²) in [7, 11) is 0. The van der Waals surface area contributed by atoms with Crippen LogP contribution in [0.15, 0.2) is 5.16 Å². The van der Waals surface area contributed by atoms with Crippen LogP contribution in [0.2, 0.25) is 0 Å². The second kappa shape index (κ2) is 6.66. The van der Waals surface area contributed by atoms with Crippen LogP contribution in [0.1, 0.15) is 12.8 Å². The van der Waals surface area contributed by atoms with Crippen molar-refractivity contribution in [2.75, 3.05) is 13.2 Å². The van der Waals surface area contributed by atoms with Crippen molar-refractivity contribution < 1.29 is 36.3 Å². The van der Waals surface area contributed by atoms with Crippen molar-refractivity contribution in [1.29, 1.82) is 0 Å². The van der Waals surface area contributed by atoms with Gasteiger partial charge in [0, 0.05) is 13.0 Å². The molecule has 0 aliphatic heterocycles. The Balaban J connectivity index is 4.08. The van der Waals surface area contributed by atoms with E-state index < -0.39 is 50.2 Å². The Hall–Kier alpha value is -1.19. The van der Waals surface area contributed by atoms with Crippen LogP contribution < -0.4 is 5.73 Å². The van der Waals surface area contributed by atoms with Crippen molar-refractivity contribution in [3.63, 3.8) is 0 Å². The Morgan fingerprint density at radius 2 is 1.78 bits per heavy atom. The van der Waals surface area contributed by atoms with Gasteiger partial charge in [0.15, 0.2) is 5.84 Å². The average molecular weight is 282 g/mol. The number of ether oxygens (including phenoxy) is 1. The van der Waals surface area contributed by atoms with Gasteiger partial charge in [0.25, 0.3) is 0 Å². The molecule has 0 amide bonds. The summed E-state index contributed by atoms with van der Waals surface area (Å²) < 4.78 is 76.5. The Bertz CT molecular complexity index is 276. The van der Waals surface area contributed by atoms with E-state index in [1.807, 2.05) is 0 Å². The molecule has 0 spiro atoms. The van der Waals surface area contributed by atoms with E-state index in [1.165, 1.54) is 0 Å². The van der Waals surface area contributed by atoms with Gasteiger partial charge in [-0.05, 0) is 6.42 Å². The number of nitrogens with zero attached hydrogens (tertiary/aromatic N) is 1. The first-order valence-electron chi connectivity index (χ1n) is 4.76. The van der Waals surface area contributed by atoms with Crippen molar-refractivity contribution >= 4 is 5.84 Å². The first-order chi connectivity index (χ1) is 8.08. The fourth-order valence-corrected chi connectivity index (χ4v) is 0.993. The summed E-state index contributed by atoms with van der Waals surface area (Å²) in [6.07, 6.45) is -10.8. The molecule has 3 N–H and O–H groups in total. The van der Waals surface area contributed by atoms with Crippen LogP contribution in [0, 0.1) is 5.92 Å². The van der Waals surface area contributed by atoms with Crippen LogP contribution in [-0.2, 0) is 4.74 Å². The van der Waals surface area contributed by atoms with Gasteiger partial charge < -0.3 is 15.7 Å². The van der Waals surface area contributed by atoms with Gasteiger partial charge in [-0.3, -0.25) is 0 Å². The molecule has 0 aromatic heterocycles. The van der Waals surface area contributed by atoms with Gasteiger partial charge in [-0.1, -0.05) is 5.16 Å². The molecule has 0 fully saturated rings. The van der Waals surface area contributed by atoms with Crippen molar-refractivity contribution in [3.05, 3.63) is 0 Å². The summed E-state index contributed by atoms with van der Waals surface area (Å²) in [5, 5.41) is 10.3. The van der Waals surface area contributed by atoms with Crippen LogP contribution in [0.5, 0.6) is 0 Å². The van der Waals surface area contributed by atoms with Gasteiger partial charge in [-0.2, -0.15) is 26.3 Å². The first-order valence-corrected chi connectivity index (χ1v) is 4.76. The van der Waals surface area contributed by atoms with Gasteiger partial charge in [0.1, 0.15) is 5.92 Å². The molecule has 1 atom stereocenters. The molecule has 1 unspecified atom stereocenters. The molecule has 0 radical (unpaired) electrons. The van der Waals surface area contributed by atoms with E-state index in [9.17, 15) is 26.3 Å². The Labute approximate surface area is 98.4 Å². The van der Waals surface area contributed by atoms with Crippen LogP contribution in [0.4, 0.5) is 26.3 Å². The van der Waals surface area contributed by atoms with Crippen LogP contribution in [-0.4, -0.2) is 36.6 Å². The molecule has 0 saturated carbocycles. The maximum absolute atomic E-state index is 12.3. The number of nitrogens with two attached hydrogens (primary N) is 1. The number of amidine groups is 1. The van der Waals surface area contributed by atoms with Crippen LogP contribution in [0.25, 0.3) is 0 Å². The van der Waals surface area contributed by atoms with Gasteiger partial charge >= 0.3 is 12.4 Å². The highest BCUT2D eigenvalue weighted by atomic mass is 19.4. The fraction of sp³-hybridized carbons (Fsp3) is 0.875. The van der Waals surface area contributed by atoms with Crippen molar-refractivity contribution in [2.24, 2.45) is 16.8 Å². The number of halogens is 6. The fourth-order valence-electron chi connectivity index (χ4n) is 0.993. The third-order valence-corrected chi connectivity index (χ3v) is 1.90. The number of hydrogen-bond acceptors (Lipinski definition) is 3. The molecular formula is C8H12F6N2O2. The molecule has 4 nitrogen and oxygen atoms in total. The van der Waals surface area contributed by atoms with E-state index in [2.05, 4.69) is 9.89 Å². The summed E-state index contributed by atoms with van der Waals surface area (Å²) in [4.78, 5) is 0. The molecule has 0 aromatic rings. The molecule has 0 aliphatic rings. The molecule has 10 heteroatoms. The average Bonchev–Trinajstić information content (AvgIpc) is 2.18. The lowest BCUT2D eigenvalue weighted by molar-refractivity contribution is -0.170. The zero-order valence-corrected chi connectivity index (χ0v) is 9.05. The molecule has 0 aliphatic carbocycles. The van der Waals surface area contributed by atoms with E-state index in [0.717, 1.165) is 0 Å². The molecule has 0 bridgehead atoms. The zero-order valence-electron chi connectivity index (χ0n) is 9.05. The lowest BCUT2D eigenvalue weighted by Gasteiger charge is -2.18. The minimum atomic E-state index is -4.79. The third-order valence-electron chi connectivity index (χ3n) is 1.90. The van der Waals surface area contributed by atoms with E-state index in [-0.39, 0.29) is 0 Å². The number of alkyl halides is 6. The Kier molecular flexibility index (Phi) is 6.22. The summed E-state index contributed by atoms with van der Waals surface area (Å²) in [5.74, 6) is -3.44. The predicted octanol–water partition coefficient (Wildman–Crippen LogP) is 2.27. The van der Waals surface area contributed by atoms with Gasteiger partial charge in [0.05, 0.1) is 6.61 Å². The SMILES string of the molecule is NC(=NO)C(COCCCC(F)(F)F)C(F)(F)F. The lowest BCUT2D eigenvalue weighted by Crippen LogP contribution is -2.39. The minimum Gasteiger partial charge on any atom is -0.409 e. The molecule has 18 heavy (non-hydrogen) atoms. The minimum absolute atomic E-state index is 0.454. The number of hydrogen-bond donors (Lipinski definition) is 2. The number of oxime groups is 1. The van der Waals surface area contributed by atoms with Gasteiger partial charge in [-0.15, -0.1) is 0 Å². The molecular weight excluding hydrogens is 270 g/mol. The molecule has 108 valence electrons. The molecule has 0 rings (SSSR count). The lowest BCUT2D eigenvalue weighted by atomic mass is 10.1. The first kappa shape index (κ1) is 16.8. The summed E-state index contributed by atoms with van der Waals surface area (Å²) in [6, 6.07) is 0. The number of rotatable bonds is 6. The standard InChI is InChI=1S/C8H12F6N2O2/c9-7(10,11)2-1-3-18-4-5(6(15)16-17)8(12,13)14/h5,17H,1-4H2,(H2,15,16). The summed E-state index contributed by atoms with van der Waals surface area (Å²) >= 11 is 0. The maximum Gasteiger partial charge on any atom is 0.401 e. The van der Waals surface area contributed by atoms with Crippen molar-refractivity contribution in [3.8, 4) is 0 Å². The summed E-state index contributed by atoms with van der Waals surface area (Å²) in [6.45, 7) is -1.48. The van der Waals surface area contributed by atoms with Gasteiger partial charge in [0.2, 0.25) is 0 Å².